The van der Waals surface area contributed by atoms with Crippen molar-refractivity contribution in [1.82, 2.24) is 0 Å². The van der Waals surface area contributed by atoms with E-state index in [4.69, 9.17) is 0 Å². The fraction of sp³-hybridized carbons (Fsp3) is 0. The monoisotopic (exact) mass is 619 g/mol. The lowest BCUT2D eigenvalue weighted by molar-refractivity contribution is 1.47. The largest absolute Gasteiger partial charge is 0.192 e. The molecule has 0 aliphatic rings. The van der Waals surface area contributed by atoms with Crippen LogP contribution in [-0.2, 0) is 0 Å². The SMILES string of the molecule is N#Cc1cccc(-c2cccc(-c3ccc4sc5ccccc5c4c3)c2-c2ccc3sc4ccccc4c3c2)c1-c1ccccc1. The summed E-state index contributed by atoms with van der Waals surface area (Å²) < 4.78 is 5.18. The first-order chi connectivity index (χ1) is 22.8. The minimum absolute atomic E-state index is 0.672. The van der Waals surface area contributed by atoms with Crippen LogP contribution < -0.4 is 0 Å². The highest BCUT2D eigenvalue weighted by molar-refractivity contribution is 7.26. The van der Waals surface area contributed by atoms with E-state index in [0.29, 0.717) is 5.56 Å². The molecule has 0 aliphatic heterocycles. The molecule has 0 aliphatic carbocycles. The maximum Gasteiger partial charge on any atom is 0.0998 e. The minimum Gasteiger partial charge on any atom is -0.192 e. The van der Waals surface area contributed by atoms with Crippen molar-refractivity contribution in [2.45, 2.75) is 0 Å². The molecule has 3 heteroatoms. The van der Waals surface area contributed by atoms with E-state index >= 15 is 0 Å². The number of rotatable bonds is 4. The highest BCUT2D eigenvalue weighted by Crippen LogP contribution is 2.47. The molecule has 0 bridgehead atoms. The molecule has 0 atom stereocenters. The third-order valence-electron chi connectivity index (χ3n) is 8.96. The molecule has 46 heavy (non-hydrogen) atoms. The van der Waals surface area contributed by atoms with Crippen molar-refractivity contribution < 1.29 is 0 Å². The molecule has 0 amide bonds. The van der Waals surface area contributed by atoms with Crippen LogP contribution in [0, 0.1) is 11.3 Å². The Morgan fingerprint density at radius 2 is 0.891 bits per heavy atom. The molecular formula is C43H25NS2. The number of hydrogen-bond donors (Lipinski definition) is 0. The predicted octanol–water partition coefficient (Wildman–Crippen LogP) is 13.0. The number of hydrogen-bond acceptors (Lipinski definition) is 3. The molecule has 0 saturated heterocycles. The van der Waals surface area contributed by atoms with Gasteiger partial charge in [0.2, 0.25) is 0 Å². The summed E-state index contributed by atoms with van der Waals surface area (Å²) in [5, 5.41) is 15.4. The second-order valence-corrected chi connectivity index (χ2v) is 13.7. The molecular weight excluding hydrogens is 595 g/mol. The van der Waals surface area contributed by atoms with Crippen molar-refractivity contribution in [2.24, 2.45) is 0 Å². The van der Waals surface area contributed by atoms with Gasteiger partial charge in [-0.25, -0.2) is 0 Å². The van der Waals surface area contributed by atoms with Crippen molar-refractivity contribution in [3.8, 4) is 50.6 Å². The Morgan fingerprint density at radius 1 is 0.370 bits per heavy atom. The highest BCUT2D eigenvalue weighted by Gasteiger charge is 2.20. The topological polar surface area (TPSA) is 23.8 Å². The maximum absolute atomic E-state index is 10.3. The second kappa shape index (κ2) is 10.8. The van der Waals surface area contributed by atoms with Crippen molar-refractivity contribution >= 4 is 63.0 Å². The summed E-state index contributed by atoms with van der Waals surface area (Å²) in [5.41, 5.74) is 9.54. The summed E-state index contributed by atoms with van der Waals surface area (Å²) in [7, 11) is 0. The highest BCUT2D eigenvalue weighted by atomic mass is 32.1. The van der Waals surface area contributed by atoms with Gasteiger partial charge < -0.3 is 0 Å². The van der Waals surface area contributed by atoms with Gasteiger partial charge in [-0.15, -0.1) is 22.7 Å². The summed E-state index contributed by atoms with van der Waals surface area (Å²) >= 11 is 3.68. The number of fused-ring (bicyclic) bond motifs is 6. The molecule has 0 spiro atoms. The fourth-order valence-corrected chi connectivity index (χ4v) is 9.06. The van der Waals surface area contributed by atoms with Crippen molar-refractivity contribution in [3.63, 3.8) is 0 Å². The van der Waals surface area contributed by atoms with Crippen LogP contribution in [-0.4, -0.2) is 0 Å². The van der Waals surface area contributed by atoms with Gasteiger partial charge in [0.15, 0.2) is 0 Å². The average Bonchev–Trinajstić information content (AvgIpc) is 3.69. The lowest BCUT2D eigenvalue weighted by Crippen LogP contribution is -1.94. The van der Waals surface area contributed by atoms with Crippen LogP contribution in [0.4, 0.5) is 0 Å². The molecule has 0 radical (unpaired) electrons. The molecule has 0 N–H and O–H groups in total. The smallest absolute Gasteiger partial charge is 0.0998 e. The zero-order valence-corrected chi connectivity index (χ0v) is 26.3. The first-order valence-electron chi connectivity index (χ1n) is 15.3. The Hall–Kier alpha value is -5.53. The van der Waals surface area contributed by atoms with E-state index in [1.165, 1.54) is 62.6 Å². The predicted molar refractivity (Wildman–Crippen MR) is 199 cm³/mol. The van der Waals surface area contributed by atoms with Crippen LogP contribution in [0.25, 0.3) is 84.9 Å². The third kappa shape index (κ3) is 4.27. The van der Waals surface area contributed by atoms with Gasteiger partial charge in [-0.2, -0.15) is 5.26 Å². The summed E-state index contributed by atoms with van der Waals surface area (Å²) in [4.78, 5) is 0. The summed E-state index contributed by atoms with van der Waals surface area (Å²) in [6, 6.07) is 56.7. The van der Waals surface area contributed by atoms with Gasteiger partial charge in [0.1, 0.15) is 0 Å². The molecule has 9 aromatic rings. The fourth-order valence-electron chi connectivity index (χ4n) is 6.89. The minimum atomic E-state index is 0.672. The van der Waals surface area contributed by atoms with Crippen molar-refractivity contribution in [2.75, 3.05) is 0 Å². The van der Waals surface area contributed by atoms with Crippen LogP contribution in [0.5, 0.6) is 0 Å². The summed E-state index contributed by atoms with van der Waals surface area (Å²) in [5.74, 6) is 0. The van der Waals surface area contributed by atoms with Crippen LogP contribution in [0.2, 0.25) is 0 Å². The van der Waals surface area contributed by atoms with Crippen molar-refractivity contribution in [1.29, 1.82) is 5.26 Å². The maximum atomic E-state index is 10.3. The van der Waals surface area contributed by atoms with E-state index in [9.17, 15) is 5.26 Å². The molecule has 2 heterocycles. The van der Waals surface area contributed by atoms with Crippen LogP contribution in [0.3, 0.4) is 0 Å². The number of nitrogens with zero attached hydrogens (tertiary/aromatic N) is 1. The Balaban J connectivity index is 1.37. The van der Waals surface area contributed by atoms with E-state index in [-0.39, 0.29) is 0 Å². The molecule has 0 fully saturated rings. The van der Waals surface area contributed by atoms with Crippen LogP contribution in [0.15, 0.2) is 152 Å². The molecule has 214 valence electrons. The number of thiophene rings is 2. The van der Waals surface area contributed by atoms with Gasteiger partial charge in [-0.3, -0.25) is 0 Å². The molecule has 9 rings (SSSR count). The Kier molecular flexibility index (Phi) is 6.31. The third-order valence-corrected chi connectivity index (χ3v) is 11.3. The van der Waals surface area contributed by atoms with Crippen molar-refractivity contribution in [3.05, 3.63) is 157 Å². The molecule has 1 nitrogen and oxygen atoms in total. The molecule has 7 aromatic carbocycles. The molecule has 2 aromatic heterocycles. The molecule has 0 unspecified atom stereocenters. The van der Waals surface area contributed by atoms with Gasteiger partial charge in [0.25, 0.3) is 0 Å². The summed E-state index contributed by atoms with van der Waals surface area (Å²) in [6.45, 7) is 0. The van der Waals surface area contributed by atoms with Gasteiger partial charge >= 0.3 is 0 Å². The number of nitriles is 1. The zero-order valence-electron chi connectivity index (χ0n) is 24.7. The normalized spacial score (nSPS) is 11.5. The van der Waals surface area contributed by atoms with Gasteiger partial charge in [-0.05, 0) is 81.4 Å². The van der Waals surface area contributed by atoms with E-state index in [0.717, 1.165) is 22.3 Å². The van der Waals surface area contributed by atoms with E-state index in [1.54, 1.807) is 0 Å². The van der Waals surface area contributed by atoms with Gasteiger partial charge in [0.05, 0.1) is 11.6 Å². The van der Waals surface area contributed by atoms with Crippen LogP contribution in [0.1, 0.15) is 5.56 Å². The van der Waals surface area contributed by atoms with Gasteiger partial charge in [0, 0.05) is 45.9 Å². The Labute approximate surface area is 274 Å². The number of benzene rings is 7. The van der Waals surface area contributed by atoms with E-state index in [1.807, 2.05) is 53.0 Å². The first kappa shape index (κ1) is 26.8. The zero-order chi connectivity index (χ0) is 30.6. The second-order valence-electron chi connectivity index (χ2n) is 11.6. The van der Waals surface area contributed by atoms with Crippen LogP contribution >= 0.6 is 22.7 Å². The molecule has 0 saturated carbocycles. The Bertz CT molecular complexity index is 2650. The van der Waals surface area contributed by atoms with Gasteiger partial charge in [-0.1, -0.05) is 109 Å². The summed E-state index contributed by atoms with van der Waals surface area (Å²) in [6.07, 6.45) is 0. The Morgan fingerprint density at radius 3 is 1.57 bits per heavy atom. The van der Waals surface area contributed by atoms with E-state index in [2.05, 4.69) is 127 Å². The average molecular weight is 620 g/mol. The van der Waals surface area contributed by atoms with E-state index < -0.39 is 0 Å². The lowest BCUT2D eigenvalue weighted by atomic mass is 9.83. The standard InChI is InChI=1S/C43H25NS2/c44-26-30-12-8-16-34(42(30)27-10-2-1-3-11-27)35-17-9-15-31(28-20-22-40-36(24-28)32-13-4-6-18-38(32)45-40)43(35)29-21-23-41-37(25-29)33-14-5-7-19-39(33)46-41/h1-25H. The first-order valence-corrected chi connectivity index (χ1v) is 17.0. The lowest BCUT2D eigenvalue weighted by Gasteiger charge is -2.19. The quantitative estimate of drug-likeness (QED) is 0.192.